The third kappa shape index (κ3) is 3.76. The van der Waals surface area contributed by atoms with E-state index in [4.69, 9.17) is 0 Å². The molecule has 1 aromatic heterocycles. The first-order chi connectivity index (χ1) is 12.0. The van der Waals surface area contributed by atoms with Gasteiger partial charge in [-0.15, -0.1) is 11.3 Å². The van der Waals surface area contributed by atoms with Gasteiger partial charge in [-0.2, -0.15) is 0 Å². The predicted octanol–water partition coefficient (Wildman–Crippen LogP) is 3.33. The van der Waals surface area contributed by atoms with Gasteiger partial charge in [-0.1, -0.05) is 30.3 Å². The van der Waals surface area contributed by atoms with Gasteiger partial charge in [0.1, 0.15) is 0 Å². The van der Waals surface area contributed by atoms with Gasteiger partial charge in [-0.25, -0.2) is 0 Å². The highest BCUT2D eigenvalue weighted by Gasteiger charge is 2.45. The van der Waals surface area contributed by atoms with Crippen LogP contribution in [0.3, 0.4) is 0 Å². The Morgan fingerprint density at radius 2 is 2.00 bits per heavy atom. The molecule has 2 heterocycles. The van der Waals surface area contributed by atoms with Crippen molar-refractivity contribution in [2.45, 2.75) is 26.7 Å². The molecular weight excluding hydrogens is 332 g/mol. The average molecular weight is 356 g/mol. The van der Waals surface area contributed by atoms with Crippen LogP contribution in [0.2, 0.25) is 0 Å². The van der Waals surface area contributed by atoms with E-state index in [1.165, 1.54) is 10.4 Å². The Balaban J connectivity index is 1.81. The fraction of sp³-hybridized carbons (Fsp3) is 0.400. The fourth-order valence-corrected chi connectivity index (χ4v) is 4.25. The van der Waals surface area contributed by atoms with Gasteiger partial charge < -0.3 is 10.2 Å². The highest BCUT2D eigenvalue weighted by Crippen LogP contribution is 2.35. The molecule has 0 aliphatic carbocycles. The number of hydrogen-bond donors (Lipinski definition) is 1. The zero-order valence-electron chi connectivity index (χ0n) is 14.7. The zero-order chi connectivity index (χ0) is 17.9. The molecule has 1 N–H and O–H groups in total. The van der Waals surface area contributed by atoms with Gasteiger partial charge in [0.25, 0.3) is 0 Å². The van der Waals surface area contributed by atoms with Gasteiger partial charge in [0.05, 0.1) is 5.41 Å². The van der Waals surface area contributed by atoms with Crippen molar-refractivity contribution < 1.29 is 9.59 Å². The standard InChI is InChI=1S/C20H24N2O2S/c1-3-21-19(24)20(10-11-22(14-20)15(2)23)13-16-6-8-17(9-7-16)18-5-4-12-25-18/h4-9,12H,3,10-11,13-14H2,1-2H3,(H,21,24). The molecule has 1 unspecified atom stereocenters. The first kappa shape index (κ1) is 17.7. The van der Waals surface area contributed by atoms with E-state index < -0.39 is 5.41 Å². The number of carbonyl (C=O) groups is 2. The van der Waals surface area contributed by atoms with Crippen molar-refractivity contribution in [1.29, 1.82) is 0 Å². The Bertz CT molecular complexity index is 740. The quantitative estimate of drug-likeness (QED) is 0.893. The lowest BCUT2D eigenvalue weighted by Gasteiger charge is -2.28. The number of amides is 2. The lowest BCUT2D eigenvalue weighted by Crippen LogP contribution is -2.45. The summed E-state index contributed by atoms with van der Waals surface area (Å²) in [5.74, 6) is 0.0975. The van der Waals surface area contributed by atoms with Crippen molar-refractivity contribution in [3.8, 4) is 10.4 Å². The largest absolute Gasteiger partial charge is 0.356 e. The van der Waals surface area contributed by atoms with Gasteiger partial charge in [0, 0.05) is 31.4 Å². The molecule has 2 amide bonds. The van der Waals surface area contributed by atoms with Crippen molar-refractivity contribution >= 4 is 23.2 Å². The van der Waals surface area contributed by atoms with E-state index in [2.05, 4.69) is 41.0 Å². The number of carbonyl (C=O) groups excluding carboxylic acids is 2. The summed E-state index contributed by atoms with van der Waals surface area (Å²) in [5.41, 5.74) is 1.81. The van der Waals surface area contributed by atoms with Crippen LogP contribution in [0, 0.1) is 5.41 Å². The summed E-state index contributed by atoms with van der Waals surface area (Å²) in [4.78, 5) is 27.5. The van der Waals surface area contributed by atoms with E-state index in [-0.39, 0.29) is 11.8 Å². The summed E-state index contributed by atoms with van der Waals surface area (Å²) in [6.07, 6.45) is 1.37. The van der Waals surface area contributed by atoms with Crippen LogP contribution >= 0.6 is 11.3 Å². The minimum Gasteiger partial charge on any atom is -0.356 e. The second kappa shape index (κ2) is 7.40. The van der Waals surface area contributed by atoms with Crippen LogP contribution in [-0.2, 0) is 16.0 Å². The Morgan fingerprint density at radius 3 is 2.56 bits per heavy atom. The number of rotatable bonds is 5. The number of likely N-dealkylation sites (tertiary alicyclic amines) is 1. The lowest BCUT2D eigenvalue weighted by atomic mass is 9.79. The fourth-order valence-electron chi connectivity index (χ4n) is 3.52. The van der Waals surface area contributed by atoms with Crippen LogP contribution in [0.5, 0.6) is 0 Å². The second-order valence-electron chi connectivity index (χ2n) is 6.68. The maximum absolute atomic E-state index is 12.7. The molecule has 132 valence electrons. The minimum atomic E-state index is -0.522. The molecule has 2 aromatic rings. The Hall–Kier alpha value is -2.14. The van der Waals surface area contributed by atoms with Gasteiger partial charge in [0.2, 0.25) is 11.8 Å². The molecule has 0 bridgehead atoms. The van der Waals surface area contributed by atoms with E-state index in [9.17, 15) is 9.59 Å². The minimum absolute atomic E-state index is 0.0409. The monoisotopic (exact) mass is 356 g/mol. The van der Waals surface area contributed by atoms with Crippen LogP contribution in [0.25, 0.3) is 10.4 Å². The van der Waals surface area contributed by atoms with E-state index in [0.717, 1.165) is 5.56 Å². The summed E-state index contributed by atoms with van der Waals surface area (Å²) in [7, 11) is 0. The van der Waals surface area contributed by atoms with Crippen LogP contribution in [-0.4, -0.2) is 36.3 Å². The second-order valence-corrected chi connectivity index (χ2v) is 7.63. The lowest BCUT2D eigenvalue weighted by molar-refractivity contribution is -0.132. The topological polar surface area (TPSA) is 49.4 Å². The summed E-state index contributed by atoms with van der Waals surface area (Å²) in [6, 6.07) is 12.6. The molecule has 1 fully saturated rings. The smallest absolute Gasteiger partial charge is 0.228 e. The van der Waals surface area contributed by atoms with Crippen LogP contribution < -0.4 is 5.32 Å². The van der Waals surface area contributed by atoms with Crippen molar-refractivity contribution in [3.05, 3.63) is 47.3 Å². The van der Waals surface area contributed by atoms with Crippen LogP contribution in [0.4, 0.5) is 0 Å². The molecule has 0 radical (unpaired) electrons. The molecule has 1 aliphatic rings. The highest BCUT2D eigenvalue weighted by molar-refractivity contribution is 7.13. The average Bonchev–Trinajstić information content (AvgIpc) is 3.26. The van der Waals surface area contributed by atoms with E-state index in [0.29, 0.717) is 32.5 Å². The van der Waals surface area contributed by atoms with Crippen molar-refractivity contribution in [2.24, 2.45) is 5.41 Å². The number of nitrogens with zero attached hydrogens (tertiary/aromatic N) is 1. The van der Waals surface area contributed by atoms with Gasteiger partial charge in [-0.05, 0) is 42.3 Å². The molecule has 5 heteroatoms. The van der Waals surface area contributed by atoms with Crippen LogP contribution in [0.15, 0.2) is 41.8 Å². The number of benzene rings is 1. The molecular formula is C20H24N2O2S. The number of hydrogen-bond acceptors (Lipinski definition) is 3. The Kier molecular flexibility index (Phi) is 5.23. The third-order valence-corrected chi connectivity index (χ3v) is 5.84. The molecule has 0 spiro atoms. The molecule has 4 nitrogen and oxygen atoms in total. The maximum Gasteiger partial charge on any atom is 0.228 e. The van der Waals surface area contributed by atoms with Gasteiger partial charge in [-0.3, -0.25) is 9.59 Å². The predicted molar refractivity (Wildman–Crippen MR) is 101 cm³/mol. The SMILES string of the molecule is CCNC(=O)C1(Cc2ccc(-c3cccs3)cc2)CCN(C(C)=O)C1. The molecule has 3 rings (SSSR count). The molecule has 0 saturated carbocycles. The molecule has 25 heavy (non-hydrogen) atoms. The maximum atomic E-state index is 12.7. The zero-order valence-corrected chi connectivity index (χ0v) is 15.6. The van der Waals surface area contributed by atoms with E-state index in [1.54, 1.807) is 23.2 Å². The molecule has 1 aliphatic heterocycles. The molecule has 1 saturated heterocycles. The number of nitrogens with one attached hydrogen (secondary N) is 1. The third-order valence-electron chi connectivity index (χ3n) is 4.92. The van der Waals surface area contributed by atoms with E-state index >= 15 is 0 Å². The van der Waals surface area contributed by atoms with Gasteiger partial charge >= 0.3 is 0 Å². The summed E-state index contributed by atoms with van der Waals surface area (Å²) < 4.78 is 0. The van der Waals surface area contributed by atoms with Crippen molar-refractivity contribution in [3.63, 3.8) is 0 Å². The first-order valence-electron chi connectivity index (χ1n) is 8.71. The first-order valence-corrected chi connectivity index (χ1v) is 9.59. The van der Waals surface area contributed by atoms with Crippen molar-refractivity contribution in [2.75, 3.05) is 19.6 Å². The van der Waals surface area contributed by atoms with Crippen LogP contribution in [0.1, 0.15) is 25.8 Å². The normalized spacial score (nSPS) is 19.8. The van der Waals surface area contributed by atoms with Crippen molar-refractivity contribution in [1.82, 2.24) is 10.2 Å². The highest BCUT2D eigenvalue weighted by atomic mass is 32.1. The Labute approximate surface area is 152 Å². The molecule has 1 atom stereocenters. The summed E-state index contributed by atoms with van der Waals surface area (Å²) in [5, 5.41) is 5.04. The summed E-state index contributed by atoms with van der Waals surface area (Å²) >= 11 is 1.72. The van der Waals surface area contributed by atoms with Gasteiger partial charge in [0.15, 0.2) is 0 Å². The summed E-state index contributed by atoms with van der Waals surface area (Å²) in [6.45, 7) is 5.27. The Morgan fingerprint density at radius 1 is 1.24 bits per heavy atom. The molecule has 1 aromatic carbocycles. The van der Waals surface area contributed by atoms with E-state index in [1.807, 2.05) is 13.0 Å². The number of thiophene rings is 1.